The summed E-state index contributed by atoms with van der Waals surface area (Å²) in [7, 11) is -3.86. The lowest BCUT2D eigenvalue weighted by molar-refractivity contribution is -0.384. The minimum absolute atomic E-state index is 0.0866. The van der Waals surface area contributed by atoms with E-state index in [1.165, 1.54) is 24.3 Å². The van der Waals surface area contributed by atoms with E-state index in [1.807, 2.05) is 37.3 Å². The Kier molecular flexibility index (Phi) is 9.33. The van der Waals surface area contributed by atoms with Gasteiger partial charge in [0.15, 0.2) is 6.29 Å². The molecule has 0 bridgehead atoms. The molecule has 190 valence electrons. The number of unbranched alkanes of at least 4 members (excludes halogenated alkanes) is 2. The predicted molar refractivity (Wildman–Crippen MR) is 126 cm³/mol. The molecule has 2 aromatic carbocycles. The Morgan fingerprint density at radius 2 is 1.83 bits per heavy atom. The molecule has 4 atom stereocenters. The Bertz CT molecular complexity index is 1090. The molecule has 10 nitrogen and oxygen atoms in total. The minimum atomic E-state index is -3.86. The smallest absolute Gasteiger partial charge is 0.338 e. The zero-order chi connectivity index (χ0) is 25.4. The number of benzene rings is 2. The summed E-state index contributed by atoms with van der Waals surface area (Å²) in [6.07, 6.45) is 0.242. The van der Waals surface area contributed by atoms with Crippen LogP contribution in [-0.2, 0) is 28.5 Å². The number of hydrogen-bond donors (Lipinski definition) is 0. The molecule has 35 heavy (non-hydrogen) atoms. The molecule has 0 radical (unpaired) electrons. The first-order valence-electron chi connectivity index (χ1n) is 11.3. The summed E-state index contributed by atoms with van der Waals surface area (Å²) in [5.74, 6) is -0.703. The highest BCUT2D eigenvalue weighted by Gasteiger charge is 2.42. The van der Waals surface area contributed by atoms with E-state index in [1.54, 1.807) is 0 Å². The highest BCUT2D eigenvalue weighted by molar-refractivity contribution is 7.86. The van der Waals surface area contributed by atoms with Gasteiger partial charge in [-0.25, -0.2) is 4.79 Å². The molecule has 0 unspecified atom stereocenters. The number of rotatable bonds is 11. The number of ether oxygens (including phenoxy) is 3. The first kappa shape index (κ1) is 26.7. The normalized spacial score (nSPS) is 21.3. The Labute approximate surface area is 204 Å². The zero-order valence-corrected chi connectivity index (χ0v) is 20.4. The largest absolute Gasteiger partial charge is 0.456 e. The van der Waals surface area contributed by atoms with Crippen molar-refractivity contribution in [2.45, 2.75) is 57.2 Å². The van der Waals surface area contributed by atoms with E-state index in [0.717, 1.165) is 24.7 Å². The van der Waals surface area contributed by atoms with Crippen LogP contribution in [0.3, 0.4) is 0 Å². The van der Waals surface area contributed by atoms with Crippen molar-refractivity contribution < 1.29 is 36.5 Å². The van der Waals surface area contributed by atoms with Gasteiger partial charge in [0.25, 0.3) is 15.8 Å². The molecule has 0 aliphatic carbocycles. The zero-order valence-electron chi connectivity index (χ0n) is 19.6. The van der Waals surface area contributed by atoms with Gasteiger partial charge in [0.05, 0.1) is 23.3 Å². The average molecular weight is 508 g/mol. The lowest BCUT2D eigenvalue weighted by Gasteiger charge is -2.39. The number of non-ortho nitro benzene ring substituents is 1. The van der Waals surface area contributed by atoms with Gasteiger partial charge in [-0.3, -0.25) is 14.3 Å². The van der Waals surface area contributed by atoms with Crippen LogP contribution in [0.1, 0.15) is 54.8 Å². The third kappa shape index (κ3) is 7.82. The Hall–Kier alpha value is -2.86. The summed E-state index contributed by atoms with van der Waals surface area (Å²) in [5.41, 5.74) is 0.703. The number of esters is 1. The number of nitro groups is 1. The number of nitrogens with zero attached hydrogens (tertiary/aromatic N) is 1. The van der Waals surface area contributed by atoms with Crippen molar-refractivity contribution in [3.05, 3.63) is 75.8 Å². The van der Waals surface area contributed by atoms with Gasteiger partial charge in [0.2, 0.25) is 0 Å². The van der Waals surface area contributed by atoms with Crippen LogP contribution in [0, 0.1) is 10.1 Å². The maximum absolute atomic E-state index is 12.9. The molecule has 0 spiro atoms. The predicted octanol–water partition coefficient (Wildman–Crippen LogP) is 4.16. The van der Waals surface area contributed by atoms with Gasteiger partial charge in [-0.1, -0.05) is 50.1 Å². The summed E-state index contributed by atoms with van der Waals surface area (Å²) in [6, 6.07) is 14.2. The van der Waals surface area contributed by atoms with Crippen LogP contribution >= 0.6 is 0 Å². The summed E-state index contributed by atoms with van der Waals surface area (Å²) < 4.78 is 46.7. The van der Waals surface area contributed by atoms with Gasteiger partial charge in [0, 0.05) is 17.7 Å². The molecule has 1 fully saturated rings. The molecule has 0 saturated carbocycles. The van der Waals surface area contributed by atoms with Gasteiger partial charge in [-0.05, 0) is 25.0 Å². The van der Waals surface area contributed by atoms with Crippen molar-refractivity contribution >= 4 is 21.8 Å². The molecule has 1 heterocycles. The molecule has 0 amide bonds. The molecule has 3 rings (SSSR count). The number of carbonyl (C=O) groups is 1. The Morgan fingerprint density at radius 3 is 2.43 bits per heavy atom. The van der Waals surface area contributed by atoms with Gasteiger partial charge < -0.3 is 14.2 Å². The fourth-order valence-electron chi connectivity index (χ4n) is 3.78. The number of carbonyl (C=O) groups excluding carboxylic acids is 1. The van der Waals surface area contributed by atoms with Gasteiger partial charge in [-0.2, -0.15) is 8.42 Å². The minimum Gasteiger partial charge on any atom is -0.456 e. The Balaban J connectivity index is 1.86. The molecule has 0 aromatic heterocycles. The van der Waals surface area contributed by atoms with Gasteiger partial charge in [-0.15, -0.1) is 0 Å². The molecular weight excluding hydrogens is 478 g/mol. The van der Waals surface area contributed by atoms with E-state index < -0.39 is 45.6 Å². The first-order valence-corrected chi connectivity index (χ1v) is 13.1. The summed E-state index contributed by atoms with van der Waals surface area (Å²) >= 11 is 0. The van der Waals surface area contributed by atoms with Gasteiger partial charge >= 0.3 is 5.97 Å². The number of hydrogen-bond acceptors (Lipinski definition) is 9. The lowest BCUT2D eigenvalue weighted by Crippen LogP contribution is -2.50. The second-order valence-electron chi connectivity index (χ2n) is 8.26. The highest BCUT2D eigenvalue weighted by atomic mass is 32.2. The fourth-order valence-corrected chi connectivity index (χ4v) is 4.39. The standard InChI is InChI=1S/C24H29NO9S/c1-3-4-6-11-20(32-23(26)17-12-14-19(15-13-17)25(27)28)22-21(34-35(2,29)30)16-31-24(33-22)18-9-7-5-8-10-18/h5,7-10,12-15,20-22,24H,3-4,6,11,16H2,1-2H3/t20-,21-,22-,24+/m1/s1. The topological polar surface area (TPSA) is 131 Å². The highest BCUT2D eigenvalue weighted by Crippen LogP contribution is 2.32. The maximum atomic E-state index is 12.9. The van der Waals surface area contributed by atoms with Crippen molar-refractivity contribution in [3.8, 4) is 0 Å². The summed E-state index contributed by atoms with van der Waals surface area (Å²) in [4.78, 5) is 23.3. The van der Waals surface area contributed by atoms with Crippen LogP contribution in [0.15, 0.2) is 54.6 Å². The first-order chi connectivity index (χ1) is 16.7. The molecular formula is C24H29NO9S. The second-order valence-corrected chi connectivity index (χ2v) is 9.86. The van der Waals surface area contributed by atoms with E-state index in [-0.39, 0.29) is 17.9 Å². The van der Waals surface area contributed by atoms with Crippen LogP contribution in [0.2, 0.25) is 0 Å². The Morgan fingerprint density at radius 1 is 1.14 bits per heavy atom. The fraction of sp³-hybridized carbons (Fsp3) is 0.458. The van der Waals surface area contributed by atoms with Crippen molar-refractivity contribution in [3.63, 3.8) is 0 Å². The number of nitro benzene ring substituents is 1. The van der Waals surface area contributed by atoms with Crippen molar-refractivity contribution in [2.75, 3.05) is 12.9 Å². The molecule has 1 aliphatic rings. The van der Waals surface area contributed by atoms with E-state index in [9.17, 15) is 23.3 Å². The lowest BCUT2D eigenvalue weighted by atomic mass is 10.0. The van der Waals surface area contributed by atoms with Gasteiger partial charge in [0.1, 0.15) is 18.3 Å². The molecule has 1 aliphatic heterocycles. The second kappa shape index (κ2) is 12.2. The van der Waals surface area contributed by atoms with Crippen molar-refractivity contribution in [1.82, 2.24) is 0 Å². The van der Waals surface area contributed by atoms with Crippen LogP contribution in [0.4, 0.5) is 5.69 Å². The van der Waals surface area contributed by atoms with E-state index in [4.69, 9.17) is 18.4 Å². The molecule has 11 heteroatoms. The average Bonchev–Trinajstić information content (AvgIpc) is 2.83. The van der Waals surface area contributed by atoms with E-state index in [0.29, 0.717) is 12.8 Å². The molecule has 0 N–H and O–H groups in total. The quantitative estimate of drug-likeness (QED) is 0.145. The van der Waals surface area contributed by atoms with Crippen LogP contribution < -0.4 is 0 Å². The van der Waals surface area contributed by atoms with Crippen molar-refractivity contribution in [1.29, 1.82) is 0 Å². The van der Waals surface area contributed by atoms with E-state index in [2.05, 4.69) is 0 Å². The SMILES string of the molecule is CCCCC[C@@H](OC(=O)c1ccc([N+](=O)[O-])cc1)[C@H]1O[C@@H](c2ccccc2)OC[C@H]1OS(C)(=O)=O. The monoisotopic (exact) mass is 507 g/mol. The molecule has 1 saturated heterocycles. The van der Waals surface area contributed by atoms with Crippen molar-refractivity contribution in [2.24, 2.45) is 0 Å². The third-order valence-electron chi connectivity index (χ3n) is 5.46. The summed E-state index contributed by atoms with van der Waals surface area (Å²) in [6.45, 7) is 1.94. The molecule has 2 aromatic rings. The third-order valence-corrected chi connectivity index (χ3v) is 6.06. The van der Waals surface area contributed by atoms with Crippen LogP contribution in [0.25, 0.3) is 0 Å². The van der Waals surface area contributed by atoms with Crippen LogP contribution in [-0.4, -0.2) is 50.5 Å². The van der Waals surface area contributed by atoms with Crippen LogP contribution in [0.5, 0.6) is 0 Å². The maximum Gasteiger partial charge on any atom is 0.338 e. The summed E-state index contributed by atoms with van der Waals surface area (Å²) in [5, 5.41) is 10.9. The van der Waals surface area contributed by atoms with E-state index >= 15 is 0 Å².